The summed E-state index contributed by atoms with van der Waals surface area (Å²) in [5, 5.41) is 1.94. The maximum Gasteiger partial charge on any atom is 0.231 e. The van der Waals surface area contributed by atoms with Crippen molar-refractivity contribution in [3.05, 3.63) is 54.0 Å². The van der Waals surface area contributed by atoms with Gasteiger partial charge in [0, 0.05) is 11.3 Å². The van der Waals surface area contributed by atoms with Gasteiger partial charge in [-0.25, -0.2) is 4.39 Å². The molecule has 1 aliphatic rings. The van der Waals surface area contributed by atoms with Crippen molar-refractivity contribution in [2.45, 2.75) is 6.92 Å². The number of hydrogen-bond donors (Lipinski definition) is 0. The average Bonchev–Trinajstić information content (AvgIpc) is 2.95. The Kier molecular flexibility index (Phi) is 2.57. The molecule has 3 aromatic rings. The maximum atomic E-state index is 13.2. The number of fused-ring (bicyclic) bond motifs is 3. The van der Waals surface area contributed by atoms with E-state index >= 15 is 0 Å². The van der Waals surface area contributed by atoms with Gasteiger partial charge in [-0.05, 0) is 48.7 Å². The van der Waals surface area contributed by atoms with Crippen molar-refractivity contribution in [2.75, 3.05) is 6.79 Å². The lowest BCUT2D eigenvalue weighted by Crippen LogP contribution is -1.94. The quantitative estimate of drug-likeness (QED) is 0.673. The summed E-state index contributed by atoms with van der Waals surface area (Å²) in [6, 6.07) is 12.2. The molecule has 0 amide bonds. The van der Waals surface area contributed by atoms with Gasteiger partial charge in [0.05, 0.1) is 11.1 Å². The molecule has 0 fully saturated rings. The van der Waals surface area contributed by atoms with E-state index < -0.39 is 0 Å². The number of aromatic nitrogens is 1. The zero-order valence-corrected chi connectivity index (χ0v) is 11.4. The number of hydrogen-bond acceptors (Lipinski definition) is 3. The van der Waals surface area contributed by atoms with E-state index in [4.69, 9.17) is 9.47 Å². The highest BCUT2D eigenvalue weighted by atomic mass is 19.1. The molecule has 0 saturated heterocycles. The van der Waals surface area contributed by atoms with Crippen LogP contribution in [0.2, 0.25) is 0 Å². The highest BCUT2D eigenvalue weighted by molar-refractivity contribution is 6.01. The molecule has 0 spiro atoms. The molecule has 4 rings (SSSR count). The fraction of sp³-hybridized carbons (Fsp3) is 0.118. The Bertz CT molecular complexity index is 844. The minimum Gasteiger partial charge on any atom is -0.454 e. The topological polar surface area (TPSA) is 31.4 Å². The van der Waals surface area contributed by atoms with E-state index in [1.165, 1.54) is 12.1 Å². The van der Waals surface area contributed by atoms with Crippen molar-refractivity contribution < 1.29 is 13.9 Å². The van der Waals surface area contributed by atoms with E-state index in [2.05, 4.69) is 4.98 Å². The fourth-order valence-corrected chi connectivity index (χ4v) is 2.66. The van der Waals surface area contributed by atoms with E-state index in [1.807, 2.05) is 25.1 Å². The molecule has 3 nitrogen and oxygen atoms in total. The monoisotopic (exact) mass is 281 g/mol. The molecule has 21 heavy (non-hydrogen) atoms. The number of benzene rings is 2. The highest BCUT2D eigenvalue weighted by Crippen LogP contribution is 2.43. The van der Waals surface area contributed by atoms with E-state index in [-0.39, 0.29) is 12.6 Å². The van der Waals surface area contributed by atoms with Gasteiger partial charge >= 0.3 is 0 Å². The first kappa shape index (κ1) is 12.1. The third kappa shape index (κ3) is 1.91. The van der Waals surface area contributed by atoms with Crippen LogP contribution in [0.5, 0.6) is 11.5 Å². The van der Waals surface area contributed by atoms with Gasteiger partial charge in [-0.2, -0.15) is 0 Å². The summed E-state index contributed by atoms with van der Waals surface area (Å²) in [7, 11) is 0. The molecule has 0 N–H and O–H groups in total. The summed E-state index contributed by atoms with van der Waals surface area (Å²) in [5.74, 6) is 1.16. The number of ether oxygens (including phenoxy) is 2. The predicted molar refractivity (Wildman–Crippen MR) is 78.0 cm³/mol. The van der Waals surface area contributed by atoms with Gasteiger partial charge in [0.15, 0.2) is 11.5 Å². The van der Waals surface area contributed by atoms with Crippen LogP contribution in [0.3, 0.4) is 0 Å². The van der Waals surface area contributed by atoms with Gasteiger partial charge in [-0.15, -0.1) is 0 Å². The molecular formula is C17H12FNO2. The Morgan fingerprint density at radius 3 is 2.67 bits per heavy atom. The minimum absolute atomic E-state index is 0.213. The number of rotatable bonds is 1. The second kappa shape index (κ2) is 4.45. The van der Waals surface area contributed by atoms with Gasteiger partial charge < -0.3 is 9.47 Å². The van der Waals surface area contributed by atoms with Crippen LogP contribution in [0.15, 0.2) is 42.5 Å². The third-order valence-electron chi connectivity index (χ3n) is 3.58. The molecule has 2 heterocycles. The van der Waals surface area contributed by atoms with E-state index in [0.717, 1.165) is 33.5 Å². The molecule has 1 aromatic heterocycles. The van der Waals surface area contributed by atoms with E-state index in [1.54, 1.807) is 12.1 Å². The molecule has 0 unspecified atom stereocenters. The molecule has 1 aliphatic heterocycles. The standard InChI is InChI=1S/C17H12FNO2/c1-10-8-12-4-7-14-17(21-9-20-14)15(12)16(19-10)11-2-5-13(18)6-3-11/h2-8H,9H2,1H3. The third-order valence-corrected chi connectivity index (χ3v) is 3.58. The van der Waals surface area contributed by atoms with Crippen LogP contribution in [0.1, 0.15) is 5.69 Å². The fourth-order valence-electron chi connectivity index (χ4n) is 2.66. The van der Waals surface area contributed by atoms with Gasteiger partial charge in [-0.1, -0.05) is 6.07 Å². The molecule has 0 aliphatic carbocycles. The number of nitrogens with zero attached hydrogens (tertiary/aromatic N) is 1. The van der Waals surface area contributed by atoms with Crippen LogP contribution in [-0.4, -0.2) is 11.8 Å². The Balaban J connectivity index is 2.07. The second-order valence-corrected chi connectivity index (χ2v) is 5.02. The van der Waals surface area contributed by atoms with Crippen molar-refractivity contribution in [2.24, 2.45) is 0 Å². The normalized spacial score (nSPS) is 12.9. The summed E-state index contributed by atoms with van der Waals surface area (Å²) < 4.78 is 24.2. The number of aryl methyl sites for hydroxylation is 1. The summed E-state index contributed by atoms with van der Waals surface area (Å²) >= 11 is 0. The smallest absolute Gasteiger partial charge is 0.231 e. The van der Waals surface area contributed by atoms with E-state index in [0.29, 0.717) is 5.75 Å². The SMILES string of the molecule is Cc1cc2ccc3c(c2c(-c2ccc(F)cc2)n1)OCO3. The largest absolute Gasteiger partial charge is 0.454 e. The zero-order valence-electron chi connectivity index (χ0n) is 11.4. The lowest BCUT2D eigenvalue weighted by Gasteiger charge is -2.10. The van der Waals surface area contributed by atoms with Crippen LogP contribution < -0.4 is 9.47 Å². The van der Waals surface area contributed by atoms with Crippen LogP contribution in [-0.2, 0) is 0 Å². The van der Waals surface area contributed by atoms with Crippen molar-refractivity contribution in [3.8, 4) is 22.8 Å². The molecule has 0 radical (unpaired) electrons. The highest BCUT2D eigenvalue weighted by Gasteiger charge is 2.20. The molecule has 0 atom stereocenters. The Morgan fingerprint density at radius 1 is 1.05 bits per heavy atom. The molecule has 0 bridgehead atoms. The molecular weight excluding hydrogens is 269 g/mol. The summed E-state index contributed by atoms with van der Waals surface area (Å²) in [5.41, 5.74) is 2.54. The zero-order chi connectivity index (χ0) is 14.4. The van der Waals surface area contributed by atoms with Gasteiger partial charge in [0.1, 0.15) is 5.82 Å². The molecule has 2 aromatic carbocycles. The Labute approximate surface area is 121 Å². The number of pyridine rings is 1. The second-order valence-electron chi connectivity index (χ2n) is 5.02. The average molecular weight is 281 g/mol. The first-order chi connectivity index (χ1) is 10.2. The lowest BCUT2D eigenvalue weighted by molar-refractivity contribution is 0.175. The predicted octanol–water partition coefficient (Wildman–Crippen LogP) is 4.08. The van der Waals surface area contributed by atoms with Crippen molar-refractivity contribution in [1.82, 2.24) is 4.98 Å². The van der Waals surface area contributed by atoms with Crippen LogP contribution in [0.4, 0.5) is 4.39 Å². The number of halogens is 1. The first-order valence-electron chi connectivity index (χ1n) is 6.68. The van der Waals surface area contributed by atoms with Crippen LogP contribution in [0, 0.1) is 12.7 Å². The first-order valence-corrected chi connectivity index (χ1v) is 6.68. The molecule has 4 heteroatoms. The Hall–Kier alpha value is -2.62. The molecule has 104 valence electrons. The van der Waals surface area contributed by atoms with Gasteiger partial charge in [0.2, 0.25) is 6.79 Å². The summed E-state index contributed by atoms with van der Waals surface area (Å²) in [4.78, 5) is 4.62. The maximum absolute atomic E-state index is 13.2. The van der Waals surface area contributed by atoms with E-state index in [9.17, 15) is 4.39 Å². The summed E-state index contributed by atoms with van der Waals surface area (Å²) in [6.45, 7) is 2.15. The summed E-state index contributed by atoms with van der Waals surface area (Å²) in [6.07, 6.45) is 0. The molecule has 0 saturated carbocycles. The van der Waals surface area contributed by atoms with Gasteiger partial charge in [0.25, 0.3) is 0 Å². The lowest BCUT2D eigenvalue weighted by atomic mass is 10.0. The minimum atomic E-state index is -0.263. The van der Waals surface area contributed by atoms with Crippen molar-refractivity contribution in [3.63, 3.8) is 0 Å². The van der Waals surface area contributed by atoms with Crippen molar-refractivity contribution in [1.29, 1.82) is 0 Å². The van der Waals surface area contributed by atoms with Crippen molar-refractivity contribution >= 4 is 10.8 Å². The Morgan fingerprint density at radius 2 is 1.86 bits per heavy atom. The van der Waals surface area contributed by atoms with Crippen LogP contribution >= 0.6 is 0 Å². The van der Waals surface area contributed by atoms with Crippen LogP contribution in [0.25, 0.3) is 22.0 Å². The van der Waals surface area contributed by atoms with Gasteiger partial charge in [-0.3, -0.25) is 4.98 Å².